The molecule has 0 aliphatic heterocycles. The van der Waals surface area contributed by atoms with Crippen LogP contribution >= 0.6 is 11.3 Å². The van der Waals surface area contributed by atoms with Gasteiger partial charge in [0.2, 0.25) is 11.5 Å². The van der Waals surface area contributed by atoms with Gasteiger partial charge in [0.05, 0.1) is 6.42 Å². The maximum atomic E-state index is 13.1. The zero-order valence-corrected chi connectivity index (χ0v) is 11.9. The number of carboxylic acids is 1. The normalized spacial score (nSPS) is 16.1. The van der Waals surface area contributed by atoms with Gasteiger partial charge >= 0.3 is 12.1 Å². The summed E-state index contributed by atoms with van der Waals surface area (Å²) in [5.41, 5.74) is -3.18. The molecular formula is C11H13F3N2O4S. The number of aliphatic carboxylic acids is 1. The maximum Gasteiger partial charge on any atom is 0.424 e. The van der Waals surface area contributed by atoms with Gasteiger partial charge in [-0.05, 0) is 13.8 Å². The summed E-state index contributed by atoms with van der Waals surface area (Å²) < 4.78 is 39.2. The lowest BCUT2D eigenvalue weighted by Gasteiger charge is -2.28. The minimum Gasteiger partial charge on any atom is -0.480 e. The lowest BCUT2D eigenvalue weighted by molar-refractivity contribution is -0.267. The first-order valence-corrected chi connectivity index (χ1v) is 6.59. The molecule has 0 saturated carbocycles. The highest BCUT2D eigenvalue weighted by Gasteiger charge is 2.58. The van der Waals surface area contributed by atoms with Crippen molar-refractivity contribution in [1.82, 2.24) is 10.3 Å². The molecule has 1 aromatic heterocycles. The molecule has 0 radical (unpaired) electrons. The van der Waals surface area contributed by atoms with Crippen LogP contribution in [0.25, 0.3) is 0 Å². The average Bonchev–Trinajstić information content (AvgIpc) is 2.74. The van der Waals surface area contributed by atoms with Gasteiger partial charge in [-0.3, -0.25) is 9.59 Å². The number of amides is 1. The fourth-order valence-electron chi connectivity index (χ4n) is 1.43. The van der Waals surface area contributed by atoms with E-state index in [9.17, 15) is 27.9 Å². The summed E-state index contributed by atoms with van der Waals surface area (Å²) in [7, 11) is 0. The van der Waals surface area contributed by atoms with Crippen molar-refractivity contribution >= 4 is 23.2 Å². The monoisotopic (exact) mass is 326 g/mol. The highest BCUT2D eigenvalue weighted by Crippen LogP contribution is 2.42. The Labute approximate surface area is 121 Å². The highest BCUT2D eigenvalue weighted by atomic mass is 32.1. The zero-order valence-electron chi connectivity index (χ0n) is 11.1. The molecular weight excluding hydrogens is 313 g/mol. The van der Waals surface area contributed by atoms with Crippen LogP contribution < -0.4 is 5.32 Å². The lowest BCUT2D eigenvalue weighted by atomic mass is 9.99. The Morgan fingerprint density at radius 1 is 1.48 bits per heavy atom. The van der Waals surface area contributed by atoms with Crippen LogP contribution in [0.2, 0.25) is 0 Å². The molecule has 0 aliphatic carbocycles. The molecule has 0 fully saturated rings. The van der Waals surface area contributed by atoms with E-state index in [0.717, 1.165) is 6.92 Å². The van der Waals surface area contributed by atoms with E-state index in [1.54, 1.807) is 0 Å². The van der Waals surface area contributed by atoms with E-state index in [1.165, 1.54) is 12.3 Å². The Hall–Kier alpha value is -1.68. The SMILES string of the molecule is Cc1csc(C(O)(CC(=O)NC(C)C(=O)O)C(F)(F)F)n1. The lowest BCUT2D eigenvalue weighted by Crippen LogP contribution is -2.48. The van der Waals surface area contributed by atoms with Crippen LogP contribution in [0.5, 0.6) is 0 Å². The Kier molecular flexibility index (Phi) is 4.95. The van der Waals surface area contributed by atoms with E-state index in [-0.39, 0.29) is 5.69 Å². The molecule has 118 valence electrons. The number of rotatable bonds is 5. The number of aliphatic hydroxyl groups is 1. The molecule has 0 saturated heterocycles. The van der Waals surface area contributed by atoms with Crippen LogP contribution in [0.3, 0.4) is 0 Å². The zero-order chi connectivity index (χ0) is 16.4. The number of thiazole rings is 1. The van der Waals surface area contributed by atoms with Gasteiger partial charge in [0.25, 0.3) is 0 Å². The third-order valence-corrected chi connectivity index (χ3v) is 3.72. The summed E-state index contributed by atoms with van der Waals surface area (Å²) in [6, 6.07) is -1.37. The first-order chi connectivity index (χ1) is 9.47. The van der Waals surface area contributed by atoms with Gasteiger partial charge < -0.3 is 15.5 Å². The molecule has 3 N–H and O–H groups in total. The van der Waals surface area contributed by atoms with Gasteiger partial charge in [0.15, 0.2) is 0 Å². The van der Waals surface area contributed by atoms with Crippen LogP contribution in [-0.4, -0.2) is 39.3 Å². The smallest absolute Gasteiger partial charge is 0.424 e. The molecule has 1 aromatic rings. The Bertz CT molecular complexity index is 546. The fourth-order valence-corrected chi connectivity index (χ4v) is 2.34. The fraction of sp³-hybridized carbons (Fsp3) is 0.545. The van der Waals surface area contributed by atoms with Crippen molar-refractivity contribution in [3.63, 3.8) is 0 Å². The number of hydrogen-bond donors (Lipinski definition) is 3. The van der Waals surface area contributed by atoms with Crippen LogP contribution in [0, 0.1) is 6.92 Å². The summed E-state index contributed by atoms with van der Waals surface area (Å²) in [6.45, 7) is 2.55. The summed E-state index contributed by atoms with van der Waals surface area (Å²) >= 11 is 0.573. The molecule has 2 unspecified atom stereocenters. The minimum atomic E-state index is -5.12. The van der Waals surface area contributed by atoms with Crippen molar-refractivity contribution in [3.05, 3.63) is 16.1 Å². The Morgan fingerprint density at radius 3 is 2.43 bits per heavy atom. The highest BCUT2D eigenvalue weighted by molar-refractivity contribution is 7.09. The number of carbonyl (C=O) groups is 2. The van der Waals surface area contributed by atoms with Crippen molar-refractivity contribution in [3.8, 4) is 0 Å². The molecule has 1 amide bonds. The maximum absolute atomic E-state index is 13.1. The van der Waals surface area contributed by atoms with E-state index in [1.807, 2.05) is 5.32 Å². The Morgan fingerprint density at radius 2 is 2.05 bits per heavy atom. The molecule has 0 bridgehead atoms. The second kappa shape index (κ2) is 5.98. The molecule has 6 nitrogen and oxygen atoms in total. The van der Waals surface area contributed by atoms with E-state index in [2.05, 4.69) is 4.98 Å². The number of nitrogens with zero attached hydrogens (tertiary/aromatic N) is 1. The van der Waals surface area contributed by atoms with Crippen LogP contribution in [-0.2, 0) is 15.2 Å². The predicted octanol–water partition coefficient (Wildman–Crippen LogP) is 1.18. The number of alkyl halides is 3. The molecule has 21 heavy (non-hydrogen) atoms. The van der Waals surface area contributed by atoms with Crippen molar-refractivity contribution < 1.29 is 33.0 Å². The first kappa shape index (κ1) is 17.4. The number of carbonyl (C=O) groups excluding carboxylic acids is 1. The van der Waals surface area contributed by atoms with Crippen LogP contribution in [0.1, 0.15) is 24.0 Å². The quantitative estimate of drug-likeness (QED) is 0.754. The first-order valence-electron chi connectivity index (χ1n) is 5.71. The van der Waals surface area contributed by atoms with Crippen molar-refractivity contribution in [1.29, 1.82) is 0 Å². The molecule has 0 spiro atoms. The molecule has 10 heteroatoms. The topological polar surface area (TPSA) is 99.5 Å². The standard InChI is InChI=1S/C11H13F3N2O4S/c1-5-4-21-9(15-5)10(20,11(12,13)14)3-7(17)16-6(2)8(18)19/h4,6,20H,3H2,1-2H3,(H,16,17)(H,18,19). The number of aryl methyl sites for hydroxylation is 1. The van der Waals surface area contributed by atoms with E-state index in [0.29, 0.717) is 11.3 Å². The molecule has 1 rings (SSSR count). The Balaban J connectivity index is 3.00. The van der Waals surface area contributed by atoms with Gasteiger partial charge in [-0.2, -0.15) is 13.2 Å². The number of hydrogen-bond acceptors (Lipinski definition) is 5. The average molecular weight is 326 g/mol. The summed E-state index contributed by atoms with van der Waals surface area (Å²) in [6.07, 6.45) is -6.48. The molecule has 1 heterocycles. The summed E-state index contributed by atoms with van der Waals surface area (Å²) in [4.78, 5) is 25.7. The third-order valence-electron chi connectivity index (χ3n) is 2.61. The molecule has 0 aromatic carbocycles. The van der Waals surface area contributed by atoms with Gasteiger partial charge in [0, 0.05) is 11.1 Å². The molecule has 2 atom stereocenters. The molecule has 0 aliphatic rings. The van der Waals surface area contributed by atoms with Gasteiger partial charge in [-0.15, -0.1) is 11.3 Å². The number of carboxylic acid groups (broad SMARTS) is 1. The minimum absolute atomic E-state index is 0.275. The summed E-state index contributed by atoms with van der Waals surface area (Å²) in [5, 5.41) is 21.0. The van der Waals surface area contributed by atoms with Crippen LogP contribution in [0.4, 0.5) is 13.2 Å². The van der Waals surface area contributed by atoms with E-state index in [4.69, 9.17) is 5.11 Å². The van der Waals surface area contributed by atoms with Crippen molar-refractivity contribution in [2.45, 2.75) is 38.1 Å². The predicted molar refractivity (Wildman–Crippen MR) is 66.7 cm³/mol. The number of nitrogens with one attached hydrogen (secondary N) is 1. The largest absolute Gasteiger partial charge is 0.480 e. The second-order valence-electron chi connectivity index (χ2n) is 4.46. The van der Waals surface area contributed by atoms with Crippen LogP contribution in [0.15, 0.2) is 5.38 Å². The van der Waals surface area contributed by atoms with Gasteiger partial charge in [0.1, 0.15) is 11.0 Å². The summed E-state index contributed by atoms with van der Waals surface area (Å²) in [5.74, 6) is -2.64. The van der Waals surface area contributed by atoms with Crippen molar-refractivity contribution in [2.24, 2.45) is 0 Å². The van der Waals surface area contributed by atoms with Gasteiger partial charge in [-0.25, -0.2) is 4.98 Å². The van der Waals surface area contributed by atoms with Crippen molar-refractivity contribution in [2.75, 3.05) is 0 Å². The third kappa shape index (κ3) is 3.91. The van der Waals surface area contributed by atoms with E-state index >= 15 is 0 Å². The second-order valence-corrected chi connectivity index (χ2v) is 5.31. The number of halogens is 3. The van der Waals surface area contributed by atoms with E-state index < -0.39 is 41.1 Å². The van der Waals surface area contributed by atoms with Gasteiger partial charge in [-0.1, -0.05) is 0 Å². The number of aromatic nitrogens is 1.